The number of hydrogen-bond donors (Lipinski definition) is 1. The van der Waals surface area contributed by atoms with Crippen LogP contribution in [0.4, 0.5) is 4.39 Å². The van der Waals surface area contributed by atoms with Crippen molar-refractivity contribution in [1.82, 2.24) is 9.78 Å². The van der Waals surface area contributed by atoms with E-state index in [1.54, 1.807) is 0 Å². The number of nitrogens with two attached hydrogens (primary N) is 1. The van der Waals surface area contributed by atoms with E-state index < -0.39 is 16.8 Å². The molecule has 0 aliphatic heterocycles. The highest BCUT2D eigenvalue weighted by molar-refractivity contribution is 7.82. The van der Waals surface area contributed by atoms with Crippen molar-refractivity contribution in [2.45, 2.75) is 23.9 Å². The van der Waals surface area contributed by atoms with E-state index in [0.29, 0.717) is 0 Å². The van der Waals surface area contributed by atoms with Crippen molar-refractivity contribution in [3.05, 3.63) is 12.0 Å². The van der Waals surface area contributed by atoms with Crippen molar-refractivity contribution in [3.63, 3.8) is 0 Å². The van der Waals surface area contributed by atoms with Gasteiger partial charge in [0.15, 0.2) is 10.8 Å². The van der Waals surface area contributed by atoms with Gasteiger partial charge in [-0.2, -0.15) is 5.10 Å². The minimum absolute atomic E-state index is 0.151. The lowest BCUT2D eigenvalue weighted by atomic mass is 10.6. The maximum Gasteiger partial charge on any atom is 0.200 e. The maximum atomic E-state index is 12.9. The highest BCUT2D eigenvalue weighted by Crippen LogP contribution is 2.34. The fourth-order valence-corrected chi connectivity index (χ4v) is 1.43. The van der Waals surface area contributed by atoms with Gasteiger partial charge in [-0.1, -0.05) is 0 Å². The summed E-state index contributed by atoms with van der Waals surface area (Å²) in [6, 6.07) is 0.289. The van der Waals surface area contributed by atoms with Gasteiger partial charge in [0.2, 0.25) is 0 Å². The van der Waals surface area contributed by atoms with Crippen LogP contribution in [0.2, 0.25) is 0 Å². The molecule has 4 nitrogen and oxygen atoms in total. The third-order valence-corrected chi connectivity index (χ3v) is 2.43. The molecule has 12 heavy (non-hydrogen) atoms. The van der Waals surface area contributed by atoms with Crippen molar-refractivity contribution in [1.29, 1.82) is 0 Å². The van der Waals surface area contributed by atoms with Crippen molar-refractivity contribution in [3.8, 4) is 0 Å². The molecule has 1 aliphatic carbocycles. The van der Waals surface area contributed by atoms with Gasteiger partial charge in [0.25, 0.3) is 0 Å². The van der Waals surface area contributed by atoms with Crippen molar-refractivity contribution >= 4 is 11.0 Å². The smallest absolute Gasteiger partial charge is 0.200 e. The van der Waals surface area contributed by atoms with Crippen LogP contribution in [-0.2, 0) is 11.0 Å². The minimum Gasteiger partial charge on any atom is -0.265 e. The number of rotatable bonds is 2. The Labute approximate surface area is 71.1 Å². The zero-order chi connectivity index (χ0) is 8.72. The molecule has 1 aromatic rings. The monoisotopic (exact) mass is 189 g/mol. The van der Waals surface area contributed by atoms with Crippen LogP contribution in [0.25, 0.3) is 0 Å². The maximum absolute atomic E-state index is 12.9. The van der Waals surface area contributed by atoms with Crippen LogP contribution in [0.15, 0.2) is 11.2 Å². The van der Waals surface area contributed by atoms with Crippen LogP contribution in [0.3, 0.4) is 0 Å². The summed E-state index contributed by atoms with van der Waals surface area (Å²) in [5.74, 6) is -0.581. The van der Waals surface area contributed by atoms with Crippen LogP contribution in [0, 0.1) is 5.82 Å². The second kappa shape index (κ2) is 2.63. The molecule has 0 spiro atoms. The van der Waals surface area contributed by atoms with Crippen LogP contribution in [-0.4, -0.2) is 14.0 Å². The first-order valence-corrected chi connectivity index (χ1v) is 4.80. The van der Waals surface area contributed by atoms with E-state index in [1.165, 1.54) is 10.9 Å². The summed E-state index contributed by atoms with van der Waals surface area (Å²) in [4.78, 5) is 0. The summed E-state index contributed by atoms with van der Waals surface area (Å²) in [6.07, 6.45) is 3.27. The van der Waals surface area contributed by atoms with E-state index in [0.717, 1.165) is 12.8 Å². The van der Waals surface area contributed by atoms with E-state index >= 15 is 0 Å². The molecule has 2 rings (SSSR count). The van der Waals surface area contributed by atoms with Gasteiger partial charge in [0.05, 0.1) is 12.2 Å². The molecular weight excluding hydrogens is 181 g/mol. The number of halogens is 1. The first-order chi connectivity index (χ1) is 5.68. The zero-order valence-corrected chi connectivity index (χ0v) is 7.05. The largest absolute Gasteiger partial charge is 0.265 e. The van der Waals surface area contributed by atoms with Gasteiger partial charge in [-0.25, -0.2) is 13.7 Å². The molecule has 6 heteroatoms. The molecular formula is C6H8FN3OS. The first kappa shape index (κ1) is 7.88. The number of nitrogens with zero attached hydrogens (tertiary/aromatic N) is 2. The van der Waals surface area contributed by atoms with Gasteiger partial charge in [-0.05, 0) is 12.8 Å². The third kappa shape index (κ3) is 1.27. The SMILES string of the molecule is NS(=O)c1nn(C2CC2)cc1F. The van der Waals surface area contributed by atoms with Crippen LogP contribution in [0.5, 0.6) is 0 Å². The van der Waals surface area contributed by atoms with E-state index in [2.05, 4.69) is 5.10 Å². The average molecular weight is 189 g/mol. The molecule has 1 heterocycles. The summed E-state index contributed by atoms with van der Waals surface area (Å²) < 4.78 is 25.1. The second-order valence-corrected chi connectivity index (χ2v) is 3.77. The van der Waals surface area contributed by atoms with E-state index in [9.17, 15) is 8.60 Å². The molecule has 0 amide bonds. The molecule has 1 saturated carbocycles. The minimum atomic E-state index is -1.82. The molecule has 1 fully saturated rings. The van der Waals surface area contributed by atoms with Crippen LogP contribution in [0.1, 0.15) is 18.9 Å². The van der Waals surface area contributed by atoms with Gasteiger partial charge < -0.3 is 0 Å². The Bertz CT molecular complexity index is 334. The molecule has 1 aliphatic rings. The number of aromatic nitrogens is 2. The van der Waals surface area contributed by atoms with E-state index in [4.69, 9.17) is 5.14 Å². The van der Waals surface area contributed by atoms with Crippen LogP contribution < -0.4 is 5.14 Å². The second-order valence-electron chi connectivity index (χ2n) is 2.79. The van der Waals surface area contributed by atoms with Gasteiger partial charge >= 0.3 is 0 Å². The predicted octanol–water partition coefficient (Wildman–Crippen LogP) is 0.338. The first-order valence-electron chi connectivity index (χ1n) is 3.59. The summed E-state index contributed by atoms with van der Waals surface area (Å²) in [6.45, 7) is 0. The topological polar surface area (TPSA) is 60.9 Å². The van der Waals surface area contributed by atoms with Crippen molar-refractivity contribution < 1.29 is 8.60 Å². The van der Waals surface area contributed by atoms with Crippen LogP contribution >= 0.6 is 0 Å². The number of hydrogen-bond acceptors (Lipinski definition) is 2. The highest BCUT2D eigenvalue weighted by atomic mass is 32.2. The molecule has 1 aromatic heterocycles. The molecule has 0 saturated heterocycles. The zero-order valence-electron chi connectivity index (χ0n) is 6.24. The quantitative estimate of drug-likeness (QED) is 0.729. The summed E-state index contributed by atoms with van der Waals surface area (Å²) in [5, 5.41) is 8.64. The lowest BCUT2D eigenvalue weighted by molar-refractivity contribution is 0.593. The van der Waals surface area contributed by atoms with Gasteiger partial charge in [-0.3, -0.25) is 4.68 Å². The molecule has 2 N–H and O–H groups in total. The van der Waals surface area contributed by atoms with E-state index in [1.807, 2.05) is 0 Å². The fourth-order valence-electron chi connectivity index (χ4n) is 1.02. The molecule has 0 aromatic carbocycles. The molecule has 0 bridgehead atoms. The predicted molar refractivity (Wildman–Crippen MR) is 41.1 cm³/mol. The summed E-state index contributed by atoms with van der Waals surface area (Å²) in [5.41, 5.74) is 0. The Morgan fingerprint density at radius 2 is 2.42 bits per heavy atom. The Morgan fingerprint density at radius 3 is 2.83 bits per heavy atom. The Morgan fingerprint density at radius 1 is 1.75 bits per heavy atom. The fraction of sp³-hybridized carbons (Fsp3) is 0.500. The Hall–Kier alpha value is -0.750. The van der Waals surface area contributed by atoms with Crippen molar-refractivity contribution in [2.75, 3.05) is 0 Å². The molecule has 1 atom stereocenters. The standard InChI is InChI=1S/C6H8FN3OS/c7-5-3-10(4-1-2-4)9-6(5)12(8)11/h3-4H,1-2,8H2. The highest BCUT2D eigenvalue weighted by Gasteiger charge is 2.26. The normalized spacial score (nSPS) is 19.5. The van der Waals surface area contributed by atoms with Gasteiger partial charge in [0, 0.05) is 0 Å². The molecule has 1 unspecified atom stereocenters. The lowest BCUT2D eigenvalue weighted by Crippen LogP contribution is -2.06. The lowest BCUT2D eigenvalue weighted by Gasteiger charge is -1.92. The molecule has 66 valence electrons. The molecule has 0 radical (unpaired) electrons. The van der Waals surface area contributed by atoms with E-state index in [-0.39, 0.29) is 11.1 Å². The van der Waals surface area contributed by atoms with Gasteiger partial charge in [0.1, 0.15) is 11.0 Å². The summed E-state index contributed by atoms with van der Waals surface area (Å²) in [7, 11) is -1.82. The Balaban J connectivity index is 2.36. The summed E-state index contributed by atoms with van der Waals surface area (Å²) >= 11 is 0. The average Bonchev–Trinajstić information content (AvgIpc) is 2.75. The third-order valence-electron chi connectivity index (χ3n) is 1.77. The Kier molecular flexibility index (Phi) is 1.73. The van der Waals surface area contributed by atoms with Crippen molar-refractivity contribution in [2.24, 2.45) is 5.14 Å². The van der Waals surface area contributed by atoms with Gasteiger partial charge in [-0.15, -0.1) is 0 Å².